The molecule has 0 bridgehead atoms. The van der Waals surface area contributed by atoms with E-state index >= 15 is 0 Å². The SMILES string of the molecule is O=C(Nc1ccc(Cl)cc1Cl)c1ccc(F)cc1I. The Balaban J connectivity index is 2.25. The molecule has 0 saturated heterocycles. The number of rotatable bonds is 2. The largest absolute Gasteiger partial charge is 0.321 e. The standard InChI is InChI=1S/C13H7Cl2FINO/c14-7-1-4-12(10(15)5-7)18-13(19)9-3-2-8(16)6-11(9)17/h1-6H,(H,18,19). The molecule has 0 fully saturated rings. The third-order valence-electron chi connectivity index (χ3n) is 2.36. The van der Waals surface area contributed by atoms with Crippen LogP contribution in [0.3, 0.4) is 0 Å². The van der Waals surface area contributed by atoms with Gasteiger partial charge in [-0.2, -0.15) is 0 Å². The first-order valence-electron chi connectivity index (χ1n) is 5.19. The zero-order chi connectivity index (χ0) is 14.0. The minimum atomic E-state index is -0.384. The summed E-state index contributed by atoms with van der Waals surface area (Å²) >= 11 is 13.6. The van der Waals surface area contributed by atoms with Gasteiger partial charge in [0.25, 0.3) is 5.91 Å². The summed E-state index contributed by atoms with van der Waals surface area (Å²) in [5, 5.41) is 3.49. The summed E-state index contributed by atoms with van der Waals surface area (Å²) in [5.41, 5.74) is 0.837. The van der Waals surface area contributed by atoms with Crippen molar-refractivity contribution in [1.29, 1.82) is 0 Å². The van der Waals surface area contributed by atoms with E-state index in [0.717, 1.165) is 0 Å². The summed E-state index contributed by atoms with van der Waals surface area (Å²) in [7, 11) is 0. The summed E-state index contributed by atoms with van der Waals surface area (Å²) in [4.78, 5) is 12.1. The first kappa shape index (κ1) is 14.6. The van der Waals surface area contributed by atoms with Gasteiger partial charge in [-0.3, -0.25) is 4.79 Å². The molecular formula is C13H7Cl2FINO. The van der Waals surface area contributed by atoms with Gasteiger partial charge in [0.2, 0.25) is 0 Å². The molecular weight excluding hydrogens is 403 g/mol. The van der Waals surface area contributed by atoms with Crippen LogP contribution in [0, 0.1) is 9.39 Å². The number of halogens is 4. The maximum atomic E-state index is 13.0. The smallest absolute Gasteiger partial charge is 0.256 e. The zero-order valence-electron chi connectivity index (χ0n) is 9.38. The molecule has 1 N–H and O–H groups in total. The molecule has 98 valence electrons. The van der Waals surface area contributed by atoms with Crippen molar-refractivity contribution in [3.8, 4) is 0 Å². The predicted molar refractivity (Wildman–Crippen MR) is 83.5 cm³/mol. The van der Waals surface area contributed by atoms with E-state index in [1.54, 1.807) is 12.1 Å². The molecule has 0 saturated carbocycles. The van der Waals surface area contributed by atoms with Crippen LogP contribution in [-0.4, -0.2) is 5.91 Å². The monoisotopic (exact) mass is 409 g/mol. The van der Waals surface area contributed by atoms with Gasteiger partial charge in [-0.1, -0.05) is 23.2 Å². The Bertz CT molecular complexity index is 649. The second kappa shape index (κ2) is 6.07. The van der Waals surface area contributed by atoms with E-state index in [1.807, 2.05) is 22.6 Å². The van der Waals surface area contributed by atoms with Crippen LogP contribution >= 0.6 is 45.8 Å². The number of benzene rings is 2. The lowest BCUT2D eigenvalue weighted by Crippen LogP contribution is -2.13. The maximum absolute atomic E-state index is 13.0. The predicted octanol–water partition coefficient (Wildman–Crippen LogP) is 4.99. The summed E-state index contributed by atoms with van der Waals surface area (Å²) in [6.07, 6.45) is 0. The van der Waals surface area contributed by atoms with Crippen LogP contribution in [0.4, 0.5) is 10.1 Å². The molecule has 2 aromatic rings. The van der Waals surface area contributed by atoms with Gasteiger partial charge >= 0.3 is 0 Å². The van der Waals surface area contributed by atoms with E-state index in [0.29, 0.717) is 24.9 Å². The molecule has 0 atom stereocenters. The molecule has 6 heteroatoms. The average molecular weight is 410 g/mol. The topological polar surface area (TPSA) is 29.1 Å². The van der Waals surface area contributed by atoms with Crippen LogP contribution in [0.5, 0.6) is 0 Å². The number of anilines is 1. The maximum Gasteiger partial charge on any atom is 0.256 e. The molecule has 0 radical (unpaired) electrons. The van der Waals surface area contributed by atoms with Crippen LogP contribution < -0.4 is 5.32 Å². The lowest BCUT2D eigenvalue weighted by Gasteiger charge is -2.08. The van der Waals surface area contributed by atoms with Crippen LogP contribution in [0.2, 0.25) is 10.0 Å². The Hall–Kier alpha value is -0.850. The lowest BCUT2D eigenvalue weighted by molar-refractivity contribution is 0.102. The van der Waals surface area contributed by atoms with Crippen molar-refractivity contribution in [1.82, 2.24) is 0 Å². The van der Waals surface area contributed by atoms with Crippen molar-refractivity contribution in [2.45, 2.75) is 0 Å². The van der Waals surface area contributed by atoms with Crippen LogP contribution in [0.15, 0.2) is 36.4 Å². The number of carbonyl (C=O) groups excluding carboxylic acids is 1. The van der Waals surface area contributed by atoms with Gasteiger partial charge < -0.3 is 5.32 Å². The Kier molecular flexibility index (Phi) is 4.65. The quantitative estimate of drug-likeness (QED) is 0.695. The molecule has 0 aromatic heterocycles. The fraction of sp³-hybridized carbons (Fsp3) is 0. The Morgan fingerprint density at radius 1 is 1.16 bits per heavy atom. The van der Waals surface area contributed by atoms with Crippen molar-refractivity contribution >= 4 is 57.4 Å². The van der Waals surface area contributed by atoms with E-state index in [9.17, 15) is 9.18 Å². The fourth-order valence-corrected chi connectivity index (χ4v) is 2.63. The molecule has 0 heterocycles. The highest BCUT2D eigenvalue weighted by Gasteiger charge is 2.12. The molecule has 2 nitrogen and oxygen atoms in total. The third kappa shape index (κ3) is 3.58. The van der Waals surface area contributed by atoms with Gasteiger partial charge in [-0.05, 0) is 59.0 Å². The highest BCUT2D eigenvalue weighted by atomic mass is 127. The van der Waals surface area contributed by atoms with Crippen LogP contribution in [0.25, 0.3) is 0 Å². The molecule has 0 spiro atoms. The van der Waals surface area contributed by atoms with Crippen molar-refractivity contribution in [3.63, 3.8) is 0 Å². The van der Waals surface area contributed by atoms with Crippen molar-refractivity contribution in [2.75, 3.05) is 5.32 Å². The minimum absolute atomic E-state index is 0.345. The average Bonchev–Trinajstić information content (AvgIpc) is 2.32. The minimum Gasteiger partial charge on any atom is -0.321 e. The van der Waals surface area contributed by atoms with Gasteiger partial charge in [-0.15, -0.1) is 0 Å². The van der Waals surface area contributed by atoms with Gasteiger partial charge in [0, 0.05) is 8.59 Å². The Labute approximate surface area is 133 Å². The van der Waals surface area contributed by atoms with Crippen molar-refractivity contribution < 1.29 is 9.18 Å². The molecule has 0 aliphatic rings. The van der Waals surface area contributed by atoms with Gasteiger partial charge in [-0.25, -0.2) is 4.39 Å². The normalized spacial score (nSPS) is 10.3. The highest BCUT2D eigenvalue weighted by Crippen LogP contribution is 2.26. The summed E-state index contributed by atoms with van der Waals surface area (Å²) < 4.78 is 13.5. The highest BCUT2D eigenvalue weighted by molar-refractivity contribution is 14.1. The number of hydrogen-bond acceptors (Lipinski definition) is 1. The van der Waals surface area contributed by atoms with Crippen molar-refractivity contribution in [3.05, 3.63) is 61.4 Å². The third-order valence-corrected chi connectivity index (χ3v) is 3.80. The van der Waals surface area contributed by atoms with Gasteiger partial charge in [0.1, 0.15) is 5.82 Å². The van der Waals surface area contributed by atoms with E-state index in [-0.39, 0.29) is 11.7 Å². The molecule has 2 aromatic carbocycles. The first-order chi connectivity index (χ1) is 8.97. The first-order valence-corrected chi connectivity index (χ1v) is 7.02. The molecule has 0 unspecified atom stereocenters. The summed E-state index contributed by atoms with van der Waals surface area (Å²) in [6.45, 7) is 0. The number of amides is 1. The summed E-state index contributed by atoms with van der Waals surface area (Å²) in [6, 6.07) is 8.72. The van der Waals surface area contributed by atoms with E-state index < -0.39 is 0 Å². The number of nitrogens with one attached hydrogen (secondary N) is 1. The van der Waals surface area contributed by atoms with Crippen LogP contribution in [0.1, 0.15) is 10.4 Å². The number of carbonyl (C=O) groups is 1. The molecule has 19 heavy (non-hydrogen) atoms. The number of hydrogen-bond donors (Lipinski definition) is 1. The Morgan fingerprint density at radius 2 is 1.89 bits per heavy atom. The van der Waals surface area contributed by atoms with E-state index in [4.69, 9.17) is 23.2 Å². The molecule has 1 amide bonds. The second-order valence-electron chi connectivity index (χ2n) is 3.70. The lowest BCUT2D eigenvalue weighted by atomic mass is 10.2. The van der Waals surface area contributed by atoms with E-state index in [2.05, 4.69) is 5.32 Å². The fourth-order valence-electron chi connectivity index (χ4n) is 1.45. The summed E-state index contributed by atoms with van der Waals surface area (Å²) in [5.74, 6) is -0.737. The van der Waals surface area contributed by atoms with Crippen LogP contribution in [-0.2, 0) is 0 Å². The second-order valence-corrected chi connectivity index (χ2v) is 5.71. The van der Waals surface area contributed by atoms with Gasteiger partial charge in [0.15, 0.2) is 0 Å². The molecule has 0 aliphatic heterocycles. The van der Waals surface area contributed by atoms with E-state index in [1.165, 1.54) is 24.3 Å². The van der Waals surface area contributed by atoms with Crippen molar-refractivity contribution in [2.24, 2.45) is 0 Å². The van der Waals surface area contributed by atoms with Gasteiger partial charge in [0.05, 0.1) is 16.3 Å². The Morgan fingerprint density at radius 3 is 2.53 bits per heavy atom. The molecule has 0 aliphatic carbocycles. The molecule has 2 rings (SSSR count). The zero-order valence-corrected chi connectivity index (χ0v) is 13.1.